The van der Waals surface area contributed by atoms with Crippen LogP contribution in [-0.4, -0.2) is 90.6 Å². The van der Waals surface area contributed by atoms with E-state index in [9.17, 15) is 0 Å². The molecule has 2 saturated heterocycles. The largest absolute Gasteiger partial charge is 0.462 e. The molecule has 9 heteroatoms. The number of fused-ring (bicyclic) bond motifs is 1. The highest BCUT2D eigenvalue weighted by molar-refractivity contribution is 5.85. The predicted molar refractivity (Wildman–Crippen MR) is 90.9 cm³/mol. The number of anilines is 1. The van der Waals surface area contributed by atoms with Crippen LogP contribution in [0.15, 0.2) is 12.5 Å². The summed E-state index contributed by atoms with van der Waals surface area (Å²) in [6, 6.07) is 0.372. The first-order valence-electron chi connectivity index (χ1n) is 8.63. The molecule has 0 atom stereocenters. The Morgan fingerprint density at radius 2 is 1.76 bits per heavy atom. The maximum atomic E-state index is 5.83. The summed E-state index contributed by atoms with van der Waals surface area (Å²) in [6.45, 7) is 7.75. The fourth-order valence-corrected chi connectivity index (χ4v) is 3.00. The van der Waals surface area contributed by atoms with Gasteiger partial charge in [0.1, 0.15) is 24.0 Å². The van der Waals surface area contributed by atoms with Crippen LogP contribution in [0.25, 0.3) is 11.0 Å². The molecule has 134 valence electrons. The van der Waals surface area contributed by atoms with Gasteiger partial charge in [0.2, 0.25) is 0 Å². The summed E-state index contributed by atoms with van der Waals surface area (Å²) in [5.41, 5.74) is 1.44. The van der Waals surface area contributed by atoms with Crippen molar-refractivity contribution in [3.63, 3.8) is 0 Å². The van der Waals surface area contributed by atoms with E-state index in [-0.39, 0.29) is 0 Å². The molecule has 25 heavy (non-hydrogen) atoms. The van der Waals surface area contributed by atoms with Gasteiger partial charge in [0.05, 0.1) is 32.6 Å². The normalized spacial score (nSPS) is 19.3. The van der Waals surface area contributed by atoms with Gasteiger partial charge in [0.25, 0.3) is 0 Å². The van der Waals surface area contributed by atoms with Gasteiger partial charge in [-0.3, -0.25) is 4.90 Å². The fraction of sp³-hybridized carbons (Fsp3) is 0.625. The minimum Gasteiger partial charge on any atom is -0.462 e. The van der Waals surface area contributed by atoms with Crippen LogP contribution >= 0.6 is 0 Å². The molecule has 0 bridgehead atoms. The van der Waals surface area contributed by atoms with Crippen molar-refractivity contribution in [1.29, 1.82) is 0 Å². The number of rotatable bonds is 5. The molecular formula is C16H22N6O3. The molecule has 4 rings (SSSR count). The lowest BCUT2D eigenvalue weighted by Gasteiger charge is -2.28. The second-order valence-electron chi connectivity index (χ2n) is 5.99. The van der Waals surface area contributed by atoms with Crippen molar-refractivity contribution >= 4 is 16.9 Å². The molecule has 0 saturated carbocycles. The third-order valence-corrected chi connectivity index (χ3v) is 4.38. The molecular weight excluding hydrogens is 324 g/mol. The van der Waals surface area contributed by atoms with Gasteiger partial charge in [0, 0.05) is 32.7 Å². The highest BCUT2D eigenvalue weighted by Gasteiger charge is 2.19. The Morgan fingerprint density at radius 3 is 2.56 bits per heavy atom. The third-order valence-electron chi connectivity index (χ3n) is 4.38. The van der Waals surface area contributed by atoms with Crippen LogP contribution in [0.1, 0.15) is 0 Å². The Balaban J connectivity index is 1.50. The Labute approximate surface area is 145 Å². The molecule has 0 amide bonds. The van der Waals surface area contributed by atoms with Crippen molar-refractivity contribution in [3.05, 3.63) is 12.5 Å². The summed E-state index contributed by atoms with van der Waals surface area (Å²) in [7, 11) is 0. The smallest absolute Gasteiger partial charge is 0.319 e. The highest BCUT2D eigenvalue weighted by Crippen LogP contribution is 2.24. The molecule has 2 fully saturated rings. The Bertz CT molecular complexity index is 703. The number of nitrogens with zero attached hydrogens (tertiary/aromatic N) is 6. The Kier molecular flexibility index (Phi) is 5.14. The first-order valence-corrected chi connectivity index (χ1v) is 8.63. The first-order chi connectivity index (χ1) is 12.4. The zero-order valence-corrected chi connectivity index (χ0v) is 14.1. The van der Waals surface area contributed by atoms with Crippen LogP contribution in [0.5, 0.6) is 6.01 Å². The van der Waals surface area contributed by atoms with Gasteiger partial charge in [-0.15, -0.1) is 0 Å². The molecule has 0 radical (unpaired) electrons. The topological polar surface area (TPSA) is 85.7 Å². The molecule has 0 aromatic carbocycles. The zero-order valence-electron chi connectivity index (χ0n) is 14.1. The lowest BCUT2D eigenvalue weighted by molar-refractivity contribution is 0.0317. The SMILES string of the molecule is c1ncc2nc(OCCN3CCOCC3)nc(N3CCOCC3)c2n1. The second-order valence-corrected chi connectivity index (χ2v) is 5.99. The van der Waals surface area contributed by atoms with Crippen molar-refractivity contribution < 1.29 is 14.2 Å². The summed E-state index contributed by atoms with van der Waals surface area (Å²) < 4.78 is 16.6. The summed E-state index contributed by atoms with van der Waals surface area (Å²) in [4.78, 5) is 22.0. The number of morpholine rings is 2. The van der Waals surface area contributed by atoms with E-state index in [0.29, 0.717) is 31.3 Å². The summed E-state index contributed by atoms with van der Waals surface area (Å²) in [6.07, 6.45) is 3.22. The molecule has 9 nitrogen and oxygen atoms in total. The fourth-order valence-electron chi connectivity index (χ4n) is 3.00. The average Bonchev–Trinajstić information content (AvgIpc) is 2.69. The van der Waals surface area contributed by atoms with E-state index in [1.54, 1.807) is 6.20 Å². The monoisotopic (exact) mass is 346 g/mol. The van der Waals surface area contributed by atoms with E-state index < -0.39 is 0 Å². The molecule has 0 N–H and O–H groups in total. The average molecular weight is 346 g/mol. The molecule has 4 heterocycles. The minimum atomic E-state index is 0.372. The summed E-state index contributed by atoms with van der Waals surface area (Å²) >= 11 is 0. The van der Waals surface area contributed by atoms with E-state index >= 15 is 0 Å². The third kappa shape index (κ3) is 3.94. The van der Waals surface area contributed by atoms with E-state index in [2.05, 4.69) is 29.7 Å². The number of aromatic nitrogens is 4. The van der Waals surface area contributed by atoms with Crippen LogP contribution in [0.3, 0.4) is 0 Å². The van der Waals surface area contributed by atoms with Crippen molar-refractivity contribution in [2.75, 3.05) is 70.7 Å². The van der Waals surface area contributed by atoms with Crippen LogP contribution in [-0.2, 0) is 9.47 Å². The van der Waals surface area contributed by atoms with E-state index in [0.717, 1.165) is 57.3 Å². The summed E-state index contributed by atoms with van der Waals surface area (Å²) in [5.74, 6) is 0.789. The van der Waals surface area contributed by atoms with Crippen molar-refractivity contribution in [2.45, 2.75) is 0 Å². The van der Waals surface area contributed by atoms with Crippen LogP contribution in [0.4, 0.5) is 5.82 Å². The lowest BCUT2D eigenvalue weighted by atomic mass is 10.3. The van der Waals surface area contributed by atoms with Crippen molar-refractivity contribution in [1.82, 2.24) is 24.8 Å². The lowest BCUT2D eigenvalue weighted by Crippen LogP contribution is -2.39. The first kappa shape index (κ1) is 16.4. The maximum absolute atomic E-state index is 5.83. The van der Waals surface area contributed by atoms with Gasteiger partial charge in [-0.1, -0.05) is 0 Å². The Hall–Kier alpha value is -2.10. The molecule has 2 aromatic rings. The maximum Gasteiger partial charge on any atom is 0.319 e. The molecule has 0 spiro atoms. The highest BCUT2D eigenvalue weighted by atomic mass is 16.5. The summed E-state index contributed by atoms with van der Waals surface area (Å²) in [5, 5.41) is 0. The Morgan fingerprint density at radius 1 is 1.00 bits per heavy atom. The van der Waals surface area contributed by atoms with Gasteiger partial charge in [-0.25, -0.2) is 9.97 Å². The van der Waals surface area contributed by atoms with Crippen LogP contribution < -0.4 is 9.64 Å². The standard InChI is InChI=1S/C16H22N6O3/c1-6-23-7-2-21(1)3-10-25-16-19-13-11-17-12-18-14(13)15(20-16)22-4-8-24-9-5-22/h11-12H,1-10H2. The van der Waals surface area contributed by atoms with Gasteiger partial charge in [0.15, 0.2) is 5.82 Å². The molecule has 2 aliphatic heterocycles. The van der Waals surface area contributed by atoms with Crippen molar-refractivity contribution in [3.8, 4) is 6.01 Å². The predicted octanol–water partition coefficient (Wildman–Crippen LogP) is -0.0326. The van der Waals surface area contributed by atoms with Gasteiger partial charge in [-0.2, -0.15) is 9.97 Å². The van der Waals surface area contributed by atoms with Crippen molar-refractivity contribution in [2.24, 2.45) is 0 Å². The van der Waals surface area contributed by atoms with E-state index in [1.165, 1.54) is 6.33 Å². The zero-order chi connectivity index (χ0) is 16.9. The number of hydrogen-bond acceptors (Lipinski definition) is 9. The van der Waals surface area contributed by atoms with Gasteiger partial charge < -0.3 is 19.1 Å². The molecule has 2 aromatic heterocycles. The second kappa shape index (κ2) is 7.85. The quantitative estimate of drug-likeness (QED) is 0.740. The molecule has 0 unspecified atom stereocenters. The number of hydrogen-bond donors (Lipinski definition) is 0. The van der Waals surface area contributed by atoms with Crippen LogP contribution in [0.2, 0.25) is 0 Å². The molecule has 2 aliphatic rings. The van der Waals surface area contributed by atoms with Gasteiger partial charge >= 0.3 is 6.01 Å². The van der Waals surface area contributed by atoms with E-state index in [1.807, 2.05) is 0 Å². The molecule has 0 aliphatic carbocycles. The minimum absolute atomic E-state index is 0.372. The number of ether oxygens (including phenoxy) is 3. The van der Waals surface area contributed by atoms with Gasteiger partial charge in [-0.05, 0) is 0 Å². The van der Waals surface area contributed by atoms with E-state index in [4.69, 9.17) is 14.2 Å². The van der Waals surface area contributed by atoms with Crippen LogP contribution in [0, 0.1) is 0 Å².